The van der Waals surface area contributed by atoms with Gasteiger partial charge < -0.3 is 4.42 Å². The van der Waals surface area contributed by atoms with Crippen molar-refractivity contribution in [2.75, 3.05) is 0 Å². The first-order valence-electron chi connectivity index (χ1n) is 18.5. The van der Waals surface area contributed by atoms with Crippen molar-refractivity contribution < 1.29 is 4.42 Å². The van der Waals surface area contributed by atoms with E-state index in [1.807, 2.05) is 35.2 Å². The van der Waals surface area contributed by atoms with E-state index in [1.54, 1.807) is 0 Å². The second kappa shape index (κ2) is 12.1. The van der Waals surface area contributed by atoms with Gasteiger partial charge in [0, 0.05) is 63.7 Å². The van der Waals surface area contributed by atoms with Crippen molar-refractivity contribution in [3.05, 3.63) is 175 Å². The second-order valence-electron chi connectivity index (χ2n) is 14.2. The summed E-state index contributed by atoms with van der Waals surface area (Å²) in [6, 6.07) is 51.7. The third kappa shape index (κ3) is 4.88. The molecule has 12 rings (SSSR count). The molecule has 0 saturated carbocycles. The molecule has 1 aliphatic carbocycles. The van der Waals surface area contributed by atoms with Crippen LogP contribution in [-0.2, 0) is 0 Å². The Labute approximate surface area is 324 Å². The summed E-state index contributed by atoms with van der Waals surface area (Å²) in [5.41, 5.74) is 8.34. The van der Waals surface area contributed by atoms with E-state index in [-0.39, 0.29) is 11.2 Å². The Bertz CT molecular complexity index is 3280. The maximum atomic E-state index is 6.67. The quantitative estimate of drug-likeness (QED) is 0.180. The van der Waals surface area contributed by atoms with Gasteiger partial charge >= 0.3 is 0 Å². The van der Waals surface area contributed by atoms with Crippen LogP contribution in [0.1, 0.15) is 17.3 Å². The summed E-state index contributed by atoms with van der Waals surface area (Å²) >= 11 is 3.74. The Kier molecular flexibility index (Phi) is 6.82. The van der Waals surface area contributed by atoms with Gasteiger partial charge in [-0.15, -0.1) is 23.1 Å². The van der Waals surface area contributed by atoms with Crippen LogP contribution in [0.3, 0.4) is 0 Å². The number of thioether (sulfide) groups is 1. The Morgan fingerprint density at radius 2 is 1.31 bits per heavy atom. The predicted molar refractivity (Wildman–Crippen MR) is 230 cm³/mol. The topological polar surface area (TPSA) is 51.8 Å². The number of fused-ring (bicyclic) bond motifs is 10. The van der Waals surface area contributed by atoms with Gasteiger partial charge in [0.2, 0.25) is 0 Å². The number of allylic oxidation sites excluding steroid dienone is 3. The highest BCUT2D eigenvalue weighted by atomic mass is 32.2. The first kappa shape index (κ1) is 31.1. The third-order valence-corrected chi connectivity index (χ3v) is 13.7. The van der Waals surface area contributed by atoms with Crippen molar-refractivity contribution in [1.82, 2.24) is 15.0 Å². The number of thiophene rings is 1. The Morgan fingerprint density at radius 1 is 0.527 bits per heavy atom. The molecule has 2 aliphatic rings. The molecule has 0 bridgehead atoms. The Morgan fingerprint density at radius 3 is 2.29 bits per heavy atom. The molecule has 0 N–H and O–H groups in total. The molecule has 10 aromatic rings. The van der Waals surface area contributed by atoms with Crippen molar-refractivity contribution in [3.63, 3.8) is 0 Å². The summed E-state index contributed by atoms with van der Waals surface area (Å²) in [6.07, 6.45) is 6.67. The van der Waals surface area contributed by atoms with Gasteiger partial charge in [-0.05, 0) is 69.9 Å². The lowest BCUT2D eigenvalue weighted by Crippen LogP contribution is -2.16. The number of nitrogens with zero attached hydrogens (tertiary/aromatic N) is 3. The molecule has 4 heterocycles. The van der Waals surface area contributed by atoms with Gasteiger partial charge in [0.25, 0.3) is 0 Å². The van der Waals surface area contributed by atoms with Crippen molar-refractivity contribution in [1.29, 1.82) is 0 Å². The van der Waals surface area contributed by atoms with Gasteiger partial charge in [0.05, 0.1) is 0 Å². The van der Waals surface area contributed by atoms with Crippen molar-refractivity contribution in [3.8, 4) is 33.9 Å². The van der Waals surface area contributed by atoms with Crippen LogP contribution in [0.15, 0.2) is 173 Å². The number of aromatic nitrogens is 3. The van der Waals surface area contributed by atoms with E-state index >= 15 is 0 Å². The molecule has 6 heteroatoms. The minimum atomic E-state index is 0.177. The van der Waals surface area contributed by atoms with Crippen molar-refractivity contribution in [2.45, 2.75) is 16.1 Å². The maximum absolute atomic E-state index is 6.67. The maximum Gasteiger partial charge on any atom is 0.164 e. The molecule has 2 unspecified atom stereocenters. The normalized spacial score (nSPS) is 16.3. The highest BCUT2D eigenvalue weighted by molar-refractivity contribution is 8.00. The molecule has 4 nitrogen and oxygen atoms in total. The van der Waals surface area contributed by atoms with E-state index in [0.717, 1.165) is 49.6 Å². The highest BCUT2D eigenvalue weighted by Gasteiger charge is 2.37. The number of rotatable bonds is 4. The number of furan rings is 1. The summed E-state index contributed by atoms with van der Waals surface area (Å²) in [5, 5.41) is 7.12. The minimum Gasteiger partial charge on any atom is -0.456 e. The molecule has 3 aromatic heterocycles. The molecule has 0 amide bonds. The Balaban J connectivity index is 1.04. The van der Waals surface area contributed by atoms with Crippen molar-refractivity contribution in [2.24, 2.45) is 0 Å². The van der Waals surface area contributed by atoms with Crippen LogP contribution in [-0.4, -0.2) is 20.2 Å². The van der Waals surface area contributed by atoms with Crippen LogP contribution < -0.4 is 0 Å². The molecule has 2 atom stereocenters. The van der Waals surface area contributed by atoms with E-state index in [9.17, 15) is 0 Å². The molecule has 258 valence electrons. The number of hydrogen-bond acceptors (Lipinski definition) is 6. The third-order valence-electron chi connectivity index (χ3n) is 11.1. The zero-order valence-corrected chi connectivity index (χ0v) is 30.9. The largest absolute Gasteiger partial charge is 0.456 e. The molecule has 0 spiro atoms. The smallest absolute Gasteiger partial charge is 0.164 e. The van der Waals surface area contributed by atoms with Crippen LogP contribution in [0.5, 0.6) is 0 Å². The van der Waals surface area contributed by atoms with E-state index in [1.165, 1.54) is 41.6 Å². The van der Waals surface area contributed by atoms with E-state index in [2.05, 4.69) is 152 Å². The highest BCUT2D eigenvalue weighted by Crippen LogP contribution is 2.52. The van der Waals surface area contributed by atoms with Gasteiger partial charge in [0.1, 0.15) is 11.2 Å². The fourth-order valence-electron chi connectivity index (χ4n) is 8.55. The second-order valence-corrected chi connectivity index (χ2v) is 16.5. The average Bonchev–Trinajstić information content (AvgIpc) is 3.94. The molecular weight excluding hydrogens is 711 g/mol. The molecular formula is C49H29N3OS2. The first-order chi connectivity index (χ1) is 27.2. The summed E-state index contributed by atoms with van der Waals surface area (Å²) < 4.78 is 9.25. The van der Waals surface area contributed by atoms with Gasteiger partial charge in [-0.1, -0.05) is 121 Å². The van der Waals surface area contributed by atoms with Crippen LogP contribution in [0.4, 0.5) is 0 Å². The molecule has 0 fully saturated rings. The molecule has 55 heavy (non-hydrogen) atoms. The zero-order chi connectivity index (χ0) is 36.0. The molecule has 0 saturated heterocycles. The standard InChI is InChI=1S/C49H29N3OS2/c1-2-11-29-26-31(23-22-28(29)10-1)47-50-48(52-49(51-47)38-17-7-15-34-33-12-3-5-19-41(33)55-46(34)38)37-16-8-18-39-44(37)35-25-24-30(27-40(35)53-39)32-14-9-21-43-45(32)36-13-4-6-20-42(36)54-43/h1-27,34,46H. The van der Waals surface area contributed by atoms with Gasteiger partial charge in [-0.2, -0.15) is 0 Å². The summed E-state index contributed by atoms with van der Waals surface area (Å²) in [6.45, 7) is 0. The van der Waals surface area contributed by atoms with E-state index < -0.39 is 0 Å². The monoisotopic (exact) mass is 739 g/mol. The summed E-state index contributed by atoms with van der Waals surface area (Å²) in [4.78, 5) is 17.1. The van der Waals surface area contributed by atoms with Crippen LogP contribution in [0, 0.1) is 0 Å². The van der Waals surface area contributed by atoms with E-state index in [4.69, 9.17) is 19.4 Å². The summed E-state index contributed by atoms with van der Waals surface area (Å²) in [7, 11) is 0. The van der Waals surface area contributed by atoms with Gasteiger partial charge in [-0.3, -0.25) is 0 Å². The molecule has 7 aromatic carbocycles. The number of benzene rings is 7. The lowest BCUT2D eigenvalue weighted by molar-refractivity contribution is 0.669. The number of hydrogen-bond donors (Lipinski definition) is 0. The van der Waals surface area contributed by atoms with Crippen molar-refractivity contribution >= 4 is 81.6 Å². The zero-order valence-electron chi connectivity index (χ0n) is 29.3. The lowest BCUT2D eigenvalue weighted by Gasteiger charge is -2.22. The van der Waals surface area contributed by atoms with Crippen LogP contribution in [0.25, 0.3) is 92.4 Å². The van der Waals surface area contributed by atoms with E-state index in [0.29, 0.717) is 17.5 Å². The first-order valence-corrected chi connectivity index (χ1v) is 20.2. The predicted octanol–water partition coefficient (Wildman–Crippen LogP) is 13.5. The van der Waals surface area contributed by atoms with Crippen LogP contribution >= 0.6 is 23.1 Å². The average molecular weight is 740 g/mol. The molecule has 1 aliphatic heterocycles. The van der Waals surface area contributed by atoms with Gasteiger partial charge in [-0.25, -0.2) is 15.0 Å². The summed E-state index contributed by atoms with van der Waals surface area (Å²) in [5.74, 6) is 2.25. The Hall–Kier alpha value is -6.34. The fourth-order valence-corrected chi connectivity index (χ4v) is 11.1. The van der Waals surface area contributed by atoms with Crippen LogP contribution in [0.2, 0.25) is 0 Å². The SMILES string of the molecule is C1=CC2c3ccccc3SC2C(c2nc(-c3ccc4ccccc4c3)nc(-c3cccc4oc5cc(-c6cccc7sc8ccccc8c67)ccc5c34)n2)=C1. The minimum absolute atomic E-state index is 0.177. The molecule has 0 radical (unpaired) electrons. The fraction of sp³-hybridized carbons (Fsp3) is 0.0408. The lowest BCUT2D eigenvalue weighted by atomic mass is 9.88. The van der Waals surface area contributed by atoms with Gasteiger partial charge in [0.15, 0.2) is 17.5 Å².